The number of nitrogens with one attached hydrogen (secondary N) is 1. The van der Waals surface area contributed by atoms with Crippen LogP contribution in [0, 0.1) is 11.8 Å². The number of nitrogens with zero attached hydrogens (tertiary/aromatic N) is 1. The Kier molecular flexibility index (Phi) is 3.81. The molecule has 2 N–H and O–H groups in total. The van der Waals surface area contributed by atoms with Crippen molar-refractivity contribution in [3.8, 4) is 0 Å². The van der Waals surface area contributed by atoms with Crippen molar-refractivity contribution in [1.82, 2.24) is 9.88 Å². The maximum Gasteiger partial charge on any atom is 0.314 e. The van der Waals surface area contributed by atoms with Gasteiger partial charge >= 0.3 is 5.97 Å². The molecule has 1 saturated heterocycles. The molecule has 5 atom stereocenters. The molecule has 6 nitrogen and oxygen atoms in total. The minimum Gasteiger partial charge on any atom is -0.469 e. The number of rotatable bonds is 1. The molecule has 3 aliphatic heterocycles. The monoisotopic (exact) mass is 368 g/mol. The molecule has 0 bridgehead atoms. The molecule has 2 aromatic rings. The number of aliphatic hydroxyl groups excluding tert-OH is 1. The average Bonchev–Trinajstić information content (AvgIpc) is 3.06. The number of ether oxygens (including phenoxy) is 2. The Hall–Kier alpha value is -2.31. The van der Waals surface area contributed by atoms with Crippen LogP contribution in [0.3, 0.4) is 0 Å². The number of H-pyrrole nitrogens is 1. The first-order valence-electron chi connectivity index (χ1n) is 9.56. The lowest BCUT2D eigenvalue weighted by Gasteiger charge is -2.48. The quantitative estimate of drug-likeness (QED) is 0.757. The molecule has 142 valence electrons. The van der Waals surface area contributed by atoms with Crippen LogP contribution in [-0.2, 0) is 20.7 Å². The molecule has 6 heteroatoms. The van der Waals surface area contributed by atoms with Crippen LogP contribution in [0.25, 0.3) is 10.9 Å². The van der Waals surface area contributed by atoms with Crippen molar-refractivity contribution < 1.29 is 19.4 Å². The fourth-order valence-corrected chi connectivity index (χ4v) is 5.16. The molecule has 0 aliphatic carbocycles. The molecule has 1 aromatic heterocycles. The number of aromatic nitrogens is 1. The molecular formula is C21H24N2O4. The predicted octanol–water partition coefficient (Wildman–Crippen LogP) is 2.50. The minimum atomic E-state index is -1.13. The van der Waals surface area contributed by atoms with E-state index in [-0.39, 0.29) is 18.1 Å². The standard InChI is InChI=1S/C21H24N2O4/c1-11-15-10-23-8-7-13-12-5-3-4-6-16(12)22-19(13)17(23)9-14(15)18(20(24)26-2)21(25)27-11/h3-6,10-11,14,17-18,21-22,25H,7-9H2,1-2H3. The number of aliphatic hydroxyl groups is 1. The number of aromatic amines is 1. The van der Waals surface area contributed by atoms with Crippen LogP contribution in [0.15, 0.2) is 36.0 Å². The van der Waals surface area contributed by atoms with E-state index < -0.39 is 18.2 Å². The normalized spacial score (nSPS) is 32.3. The highest BCUT2D eigenvalue weighted by atomic mass is 16.6. The Labute approximate surface area is 157 Å². The number of fused-ring (bicyclic) bond motifs is 6. The molecule has 5 unspecified atom stereocenters. The number of hydrogen-bond donors (Lipinski definition) is 2. The van der Waals surface area contributed by atoms with Gasteiger partial charge in [0.1, 0.15) is 5.92 Å². The molecule has 1 aromatic carbocycles. The maximum absolute atomic E-state index is 12.4. The zero-order valence-electron chi connectivity index (χ0n) is 15.5. The van der Waals surface area contributed by atoms with Crippen LogP contribution < -0.4 is 0 Å². The summed E-state index contributed by atoms with van der Waals surface area (Å²) < 4.78 is 10.6. The van der Waals surface area contributed by atoms with Gasteiger partial charge in [0.15, 0.2) is 6.29 Å². The molecule has 0 saturated carbocycles. The summed E-state index contributed by atoms with van der Waals surface area (Å²) in [6.07, 6.45) is 2.56. The Balaban J connectivity index is 1.59. The van der Waals surface area contributed by atoms with Crippen molar-refractivity contribution in [1.29, 1.82) is 0 Å². The van der Waals surface area contributed by atoms with Gasteiger partial charge in [-0.3, -0.25) is 4.79 Å². The van der Waals surface area contributed by atoms with Crippen molar-refractivity contribution in [3.63, 3.8) is 0 Å². The van der Waals surface area contributed by atoms with Gasteiger partial charge < -0.3 is 24.5 Å². The third-order valence-corrected chi connectivity index (χ3v) is 6.45. The van der Waals surface area contributed by atoms with E-state index in [1.54, 1.807) is 0 Å². The predicted molar refractivity (Wildman–Crippen MR) is 99.7 cm³/mol. The van der Waals surface area contributed by atoms with E-state index in [4.69, 9.17) is 9.47 Å². The van der Waals surface area contributed by atoms with Crippen molar-refractivity contribution in [2.24, 2.45) is 11.8 Å². The molecule has 0 radical (unpaired) electrons. The van der Waals surface area contributed by atoms with Gasteiger partial charge in [0.25, 0.3) is 0 Å². The Morgan fingerprint density at radius 3 is 3.00 bits per heavy atom. The fourth-order valence-electron chi connectivity index (χ4n) is 5.16. The van der Waals surface area contributed by atoms with E-state index in [9.17, 15) is 9.90 Å². The largest absolute Gasteiger partial charge is 0.469 e. The molecule has 1 fully saturated rings. The van der Waals surface area contributed by atoms with Crippen LogP contribution in [0.2, 0.25) is 0 Å². The summed E-state index contributed by atoms with van der Waals surface area (Å²) in [6.45, 7) is 2.88. The molecule has 5 rings (SSSR count). The van der Waals surface area contributed by atoms with Crippen molar-refractivity contribution in [2.45, 2.75) is 38.2 Å². The van der Waals surface area contributed by atoms with Gasteiger partial charge in [0.05, 0.1) is 19.3 Å². The summed E-state index contributed by atoms with van der Waals surface area (Å²) in [5.74, 6) is -1.18. The first-order valence-corrected chi connectivity index (χ1v) is 9.56. The third-order valence-electron chi connectivity index (χ3n) is 6.45. The van der Waals surface area contributed by atoms with E-state index in [1.165, 1.54) is 23.8 Å². The van der Waals surface area contributed by atoms with Crippen molar-refractivity contribution in [3.05, 3.63) is 47.3 Å². The van der Waals surface area contributed by atoms with Crippen LogP contribution in [-0.4, -0.2) is 47.0 Å². The molecule has 0 spiro atoms. The molecule has 3 aliphatic rings. The van der Waals surface area contributed by atoms with Gasteiger partial charge in [-0.15, -0.1) is 0 Å². The first-order chi connectivity index (χ1) is 13.1. The molecule has 0 amide bonds. The van der Waals surface area contributed by atoms with Crippen LogP contribution in [0.4, 0.5) is 0 Å². The summed E-state index contributed by atoms with van der Waals surface area (Å²) >= 11 is 0. The number of methoxy groups -OCH3 is 1. The number of carbonyl (C=O) groups excluding carboxylic acids is 1. The lowest BCUT2D eigenvalue weighted by Crippen LogP contribution is -2.50. The van der Waals surface area contributed by atoms with Crippen molar-refractivity contribution >= 4 is 16.9 Å². The second-order valence-electron chi connectivity index (χ2n) is 7.76. The van der Waals surface area contributed by atoms with Gasteiger partial charge in [-0.1, -0.05) is 18.2 Å². The Bertz CT molecular complexity index is 933. The number of esters is 1. The highest BCUT2D eigenvalue weighted by molar-refractivity contribution is 5.85. The number of para-hydroxylation sites is 1. The minimum absolute atomic E-state index is 0.0881. The van der Waals surface area contributed by atoms with E-state index in [2.05, 4.69) is 34.3 Å². The van der Waals surface area contributed by atoms with Gasteiger partial charge in [-0.2, -0.15) is 0 Å². The fraction of sp³-hybridized carbons (Fsp3) is 0.476. The van der Waals surface area contributed by atoms with E-state index in [1.807, 2.05) is 13.0 Å². The SMILES string of the molecule is COC(=O)C1C(O)OC(C)C2=CN3CCc4c([nH]c5ccccc45)C3CC21. The van der Waals surface area contributed by atoms with E-state index in [0.717, 1.165) is 30.5 Å². The van der Waals surface area contributed by atoms with Gasteiger partial charge in [-0.25, -0.2) is 0 Å². The van der Waals surface area contributed by atoms with Crippen LogP contribution in [0.1, 0.15) is 30.6 Å². The third kappa shape index (κ3) is 2.43. The van der Waals surface area contributed by atoms with Crippen LogP contribution >= 0.6 is 0 Å². The molecular weight excluding hydrogens is 344 g/mol. The summed E-state index contributed by atoms with van der Waals surface area (Å²) in [5, 5.41) is 11.7. The van der Waals surface area contributed by atoms with Crippen molar-refractivity contribution in [2.75, 3.05) is 13.7 Å². The average molecular weight is 368 g/mol. The lowest BCUT2D eigenvalue weighted by atomic mass is 9.73. The number of carbonyl (C=O) groups is 1. The second kappa shape index (κ2) is 6.11. The first kappa shape index (κ1) is 16.8. The Morgan fingerprint density at radius 1 is 1.37 bits per heavy atom. The molecule has 4 heterocycles. The zero-order valence-corrected chi connectivity index (χ0v) is 15.5. The maximum atomic E-state index is 12.4. The van der Waals surface area contributed by atoms with Crippen LogP contribution in [0.5, 0.6) is 0 Å². The molecule has 27 heavy (non-hydrogen) atoms. The second-order valence-corrected chi connectivity index (χ2v) is 7.76. The Morgan fingerprint density at radius 2 is 2.19 bits per heavy atom. The topological polar surface area (TPSA) is 74.8 Å². The lowest BCUT2D eigenvalue weighted by molar-refractivity contribution is -0.204. The summed E-state index contributed by atoms with van der Waals surface area (Å²) in [6, 6.07) is 8.57. The van der Waals surface area contributed by atoms with E-state index in [0.29, 0.717) is 0 Å². The summed E-state index contributed by atoms with van der Waals surface area (Å²) in [4.78, 5) is 18.3. The summed E-state index contributed by atoms with van der Waals surface area (Å²) in [7, 11) is 1.36. The highest BCUT2D eigenvalue weighted by Crippen LogP contribution is 2.48. The smallest absolute Gasteiger partial charge is 0.314 e. The summed E-state index contributed by atoms with van der Waals surface area (Å²) in [5.41, 5.74) is 4.84. The number of hydrogen-bond acceptors (Lipinski definition) is 5. The van der Waals surface area contributed by atoms with Gasteiger partial charge in [0.2, 0.25) is 0 Å². The number of benzene rings is 1. The van der Waals surface area contributed by atoms with E-state index >= 15 is 0 Å². The van der Waals surface area contributed by atoms with Gasteiger partial charge in [-0.05, 0) is 37.0 Å². The zero-order chi connectivity index (χ0) is 18.7. The van der Waals surface area contributed by atoms with Gasteiger partial charge in [0, 0.05) is 35.3 Å². The highest BCUT2D eigenvalue weighted by Gasteiger charge is 2.49.